The summed E-state index contributed by atoms with van der Waals surface area (Å²) in [6.45, 7) is 2.53. The predicted octanol–water partition coefficient (Wildman–Crippen LogP) is 5.28. The highest BCUT2D eigenvalue weighted by Crippen LogP contribution is 2.34. The molecular formula is C26H22N4O3. The Morgan fingerprint density at radius 1 is 1.09 bits per heavy atom. The first-order valence-electron chi connectivity index (χ1n) is 10.7. The van der Waals surface area contributed by atoms with Crippen molar-refractivity contribution in [3.63, 3.8) is 0 Å². The number of carbonyl (C=O) groups excluding carboxylic acids is 2. The molecule has 1 unspecified atom stereocenters. The number of benzene rings is 2. The molecule has 1 aromatic heterocycles. The van der Waals surface area contributed by atoms with Crippen LogP contribution in [0, 0.1) is 5.92 Å². The molecule has 3 aromatic rings. The van der Waals surface area contributed by atoms with Crippen molar-refractivity contribution in [3.8, 4) is 5.75 Å². The minimum Gasteiger partial charge on any atom is -0.494 e. The molecule has 1 atom stereocenters. The third-order valence-corrected chi connectivity index (χ3v) is 5.79. The second-order valence-electron chi connectivity index (χ2n) is 7.84. The standard InChI is InChI=1S/C26H22N4O3/c1-3-33-19-12-13-22-17(14-19)15-23(30(22)2)26(32)27-18-10-8-16(9-11-18)24-20-6-4-5-7-21(20)25(31)29-28-24/h4-15,21H,3H2,1-2H3,(H,27,32). The highest BCUT2D eigenvalue weighted by molar-refractivity contribution is 6.06. The summed E-state index contributed by atoms with van der Waals surface area (Å²) in [4.78, 5) is 25.0. The van der Waals surface area contributed by atoms with Crippen molar-refractivity contribution >= 4 is 34.1 Å². The smallest absolute Gasteiger partial charge is 0.276 e. The fraction of sp³-hybridized carbons (Fsp3) is 0.154. The third kappa shape index (κ3) is 3.78. The van der Waals surface area contributed by atoms with Gasteiger partial charge in [-0.15, -0.1) is 10.2 Å². The van der Waals surface area contributed by atoms with Crippen LogP contribution in [-0.4, -0.2) is 23.0 Å². The Bertz CT molecular complexity index is 1390. The van der Waals surface area contributed by atoms with Gasteiger partial charge in [-0.05, 0) is 48.9 Å². The average molecular weight is 438 g/mol. The van der Waals surface area contributed by atoms with Gasteiger partial charge in [-0.3, -0.25) is 9.59 Å². The van der Waals surface area contributed by atoms with Crippen molar-refractivity contribution in [1.29, 1.82) is 0 Å². The molecule has 7 heteroatoms. The summed E-state index contributed by atoms with van der Waals surface area (Å²) in [7, 11) is 1.87. The number of hydrogen-bond acceptors (Lipinski definition) is 4. The SMILES string of the molecule is CCOc1ccc2c(c1)cc(C(=O)Nc1ccc(C3=C4C=CC=CC4C(=O)N=N3)cc1)n2C. The van der Waals surface area contributed by atoms with E-state index >= 15 is 0 Å². The highest BCUT2D eigenvalue weighted by Gasteiger charge is 2.27. The van der Waals surface area contributed by atoms with Crippen molar-refractivity contribution < 1.29 is 14.3 Å². The molecule has 1 aliphatic carbocycles. The van der Waals surface area contributed by atoms with Crippen molar-refractivity contribution in [2.45, 2.75) is 6.92 Å². The summed E-state index contributed by atoms with van der Waals surface area (Å²) in [6, 6.07) is 15.0. The van der Waals surface area contributed by atoms with Gasteiger partial charge in [0.1, 0.15) is 11.4 Å². The molecular weight excluding hydrogens is 416 g/mol. The predicted molar refractivity (Wildman–Crippen MR) is 127 cm³/mol. The lowest BCUT2D eigenvalue weighted by atomic mass is 9.89. The van der Waals surface area contributed by atoms with Crippen LogP contribution < -0.4 is 10.1 Å². The Labute approximate surface area is 190 Å². The number of aryl methyl sites for hydroxylation is 1. The highest BCUT2D eigenvalue weighted by atomic mass is 16.5. The minimum atomic E-state index is -0.392. The fourth-order valence-electron chi connectivity index (χ4n) is 4.14. The number of hydrogen-bond donors (Lipinski definition) is 1. The third-order valence-electron chi connectivity index (χ3n) is 5.79. The molecule has 0 spiro atoms. The van der Waals surface area contributed by atoms with Gasteiger partial charge in [-0.25, -0.2) is 0 Å². The maximum atomic E-state index is 13.0. The number of allylic oxidation sites excluding steroid dienone is 3. The van der Waals surface area contributed by atoms with Crippen LogP contribution in [0.5, 0.6) is 5.75 Å². The van der Waals surface area contributed by atoms with E-state index in [1.54, 1.807) is 0 Å². The second-order valence-corrected chi connectivity index (χ2v) is 7.84. The first-order valence-corrected chi connectivity index (χ1v) is 10.7. The quantitative estimate of drug-likeness (QED) is 0.588. The Morgan fingerprint density at radius 3 is 2.70 bits per heavy atom. The van der Waals surface area contributed by atoms with E-state index in [1.807, 2.05) is 91.4 Å². The first-order chi connectivity index (χ1) is 16.0. The van der Waals surface area contributed by atoms with E-state index in [1.165, 1.54) is 0 Å². The van der Waals surface area contributed by atoms with E-state index in [2.05, 4.69) is 15.5 Å². The number of fused-ring (bicyclic) bond motifs is 2. The van der Waals surface area contributed by atoms with Gasteiger partial charge in [0, 0.05) is 29.2 Å². The number of nitrogens with one attached hydrogen (secondary N) is 1. The van der Waals surface area contributed by atoms with E-state index in [9.17, 15) is 9.59 Å². The van der Waals surface area contributed by atoms with Crippen LogP contribution in [0.4, 0.5) is 5.69 Å². The van der Waals surface area contributed by atoms with E-state index in [0.717, 1.165) is 27.8 Å². The van der Waals surface area contributed by atoms with E-state index in [-0.39, 0.29) is 11.8 Å². The summed E-state index contributed by atoms with van der Waals surface area (Å²) >= 11 is 0. The number of azo groups is 1. The average Bonchev–Trinajstić information content (AvgIpc) is 3.16. The molecule has 33 heavy (non-hydrogen) atoms. The van der Waals surface area contributed by atoms with Crippen LogP contribution in [0.2, 0.25) is 0 Å². The summed E-state index contributed by atoms with van der Waals surface area (Å²) in [5.41, 5.74) is 4.49. The van der Waals surface area contributed by atoms with Crippen LogP contribution >= 0.6 is 0 Å². The molecule has 5 rings (SSSR count). The molecule has 0 radical (unpaired) electrons. The lowest BCUT2D eigenvalue weighted by Gasteiger charge is -2.19. The summed E-state index contributed by atoms with van der Waals surface area (Å²) in [5, 5.41) is 11.8. The Morgan fingerprint density at radius 2 is 1.91 bits per heavy atom. The van der Waals surface area contributed by atoms with Gasteiger partial charge in [0.25, 0.3) is 11.8 Å². The van der Waals surface area contributed by atoms with E-state index < -0.39 is 5.92 Å². The Hall–Kier alpha value is -4.26. The molecule has 0 saturated heterocycles. The molecule has 164 valence electrons. The molecule has 1 aliphatic heterocycles. The van der Waals surface area contributed by atoms with Crippen LogP contribution in [0.1, 0.15) is 23.0 Å². The summed E-state index contributed by atoms with van der Waals surface area (Å²) in [6.07, 6.45) is 7.44. The fourth-order valence-corrected chi connectivity index (χ4v) is 4.14. The molecule has 2 amide bonds. The van der Waals surface area contributed by atoms with Gasteiger partial charge in [-0.2, -0.15) is 0 Å². The normalized spacial score (nSPS) is 16.9. The monoisotopic (exact) mass is 438 g/mol. The zero-order chi connectivity index (χ0) is 22.9. The zero-order valence-corrected chi connectivity index (χ0v) is 18.3. The van der Waals surface area contributed by atoms with Crippen molar-refractivity contribution in [2.24, 2.45) is 23.2 Å². The maximum absolute atomic E-state index is 13.0. The molecule has 0 saturated carbocycles. The van der Waals surface area contributed by atoms with Crippen LogP contribution in [0.15, 0.2) is 88.6 Å². The van der Waals surface area contributed by atoms with Crippen LogP contribution in [-0.2, 0) is 11.8 Å². The lowest BCUT2D eigenvalue weighted by molar-refractivity contribution is -0.119. The molecule has 1 N–H and O–H groups in total. The second kappa shape index (κ2) is 8.35. The molecule has 2 heterocycles. The topological polar surface area (TPSA) is 85.0 Å². The summed E-state index contributed by atoms with van der Waals surface area (Å²) < 4.78 is 7.43. The molecule has 7 nitrogen and oxygen atoms in total. The summed E-state index contributed by atoms with van der Waals surface area (Å²) in [5.74, 6) is -0.0800. The molecule has 2 aromatic carbocycles. The van der Waals surface area contributed by atoms with Crippen LogP contribution in [0.3, 0.4) is 0 Å². The van der Waals surface area contributed by atoms with Gasteiger partial charge in [-0.1, -0.05) is 36.4 Å². The number of nitrogens with zero attached hydrogens (tertiary/aromatic N) is 3. The number of amides is 2. The first kappa shape index (κ1) is 20.6. The lowest BCUT2D eigenvalue weighted by Crippen LogP contribution is -2.17. The maximum Gasteiger partial charge on any atom is 0.276 e. The van der Waals surface area contributed by atoms with Crippen LogP contribution in [0.25, 0.3) is 16.6 Å². The van der Waals surface area contributed by atoms with E-state index in [4.69, 9.17) is 4.74 Å². The minimum absolute atomic E-state index is 0.204. The zero-order valence-electron chi connectivity index (χ0n) is 18.3. The van der Waals surface area contributed by atoms with Crippen molar-refractivity contribution in [1.82, 2.24) is 4.57 Å². The van der Waals surface area contributed by atoms with Crippen molar-refractivity contribution in [3.05, 3.63) is 89.7 Å². The molecule has 0 fully saturated rings. The molecule has 0 bridgehead atoms. The van der Waals surface area contributed by atoms with Gasteiger partial charge in [0.2, 0.25) is 0 Å². The van der Waals surface area contributed by atoms with Gasteiger partial charge in [0.05, 0.1) is 18.2 Å². The van der Waals surface area contributed by atoms with Crippen molar-refractivity contribution in [2.75, 3.05) is 11.9 Å². The Kier molecular flexibility index (Phi) is 5.22. The largest absolute Gasteiger partial charge is 0.494 e. The van der Waals surface area contributed by atoms with Gasteiger partial charge in [0.15, 0.2) is 0 Å². The number of rotatable bonds is 5. The van der Waals surface area contributed by atoms with Gasteiger partial charge >= 0.3 is 0 Å². The molecule has 2 aliphatic rings. The van der Waals surface area contributed by atoms with Gasteiger partial charge < -0.3 is 14.6 Å². The Balaban J connectivity index is 1.38. The number of aromatic nitrogens is 1. The number of anilines is 1. The van der Waals surface area contributed by atoms with E-state index in [0.29, 0.717) is 23.7 Å². The number of carbonyl (C=O) groups is 2. The number of ether oxygens (including phenoxy) is 1.